The average Bonchev–Trinajstić information content (AvgIpc) is 2.76. The first-order valence-electron chi connectivity index (χ1n) is 12.2. The fourth-order valence-electron chi connectivity index (χ4n) is 4.08. The van der Waals surface area contributed by atoms with Gasteiger partial charge < -0.3 is 14.6 Å². The predicted molar refractivity (Wildman–Crippen MR) is 143 cm³/mol. The monoisotopic (exact) mass is 500 g/mol. The average molecular weight is 501 g/mol. The van der Waals surface area contributed by atoms with Gasteiger partial charge in [-0.25, -0.2) is 0 Å². The van der Waals surface area contributed by atoms with Crippen LogP contribution in [0.4, 0.5) is 0 Å². The third-order valence-corrected chi connectivity index (χ3v) is 7.40. The molecule has 0 aliphatic heterocycles. The molecular weight excluding hydrogens is 460 g/mol. The van der Waals surface area contributed by atoms with Crippen LogP contribution < -0.4 is 4.74 Å². The maximum atomic E-state index is 13.1. The van der Waals surface area contributed by atoms with E-state index in [4.69, 9.17) is 14.6 Å². The summed E-state index contributed by atoms with van der Waals surface area (Å²) in [6.45, 7) is 15.6. The zero-order valence-corrected chi connectivity index (χ0v) is 23.2. The van der Waals surface area contributed by atoms with Gasteiger partial charge in [-0.05, 0) is 95.3 Å². The Morgan fingerprint density at radius 1 is 0.857 bits per heavy atom. The molecule has 0 amide bonds. The molecule has 0 fully saturated rings. The number of benzene rings is 2. The Balaban J connectivity index is 2.01. The Labute approximate surface area is 214 Å². The Bertz CT molecular complexity index is 1020. The quantitative estimate of drug-likeness (QED) is 0.195. The maximum Gasteiger partial charge on any atom is 0.321 e. The van der Waals surface area contributed by atoms with Gasteiger partial charge in [-0.15, -0.1) is 11.8 Å². The van der Waals surface area contributed by atoms with Crippen molar-refractivity contribution in [3.05, 3.63) is 59.2 Å². The molecule has 6 heteroatoms. The molecule has 0 atom stereocenters. The van der Waals surface area contributed by atoms with Crippen LogP contribution in [-0.2, 0) is 32.6 Å². The van der Waals surface area contributed by atoms with Crippen molar-refractivity contribution in [2.45, 2.75) is 96.2 Å². The van der Waals surface area contributed by atoms with Crippen LogP contribution in [0.2, 0.25) is 0 Å². The van der Waals surface area contributed by atoms with Gasteiger partial charge >= 0.3 is 11.9 Å². The van der Waals surface area contributed by atoms with Crippen LogP contribution in [-0.4, -0.2) is 34.0 Å². The van der Waals surface area contributed by atoms with Crippen LogP contribution in [0.15, 0.2) is 47.4 Å². The van der Waals surface area contributed by atoms with E-state index < -0.39 is 22.6 Å². The molecule has 192 valence electrons. The zero-order chi connectivity index (χ0) is 26.4. The van der Waals surface area contributed by atoms with E-state index in [0.717, 1.165) is 23.3 Å². The van der Waals surface area contributed by atoms with E-state index in [0.29, 0.717) is 11.5 Å². The Morgan fingerprint density at radius 2 is 1.46 bits per heavy atom. The van der Waals surface area contributed by atoms with Gasteiger partial charge in [0, 0.05) is 10.6 Å². The molecule has 2 aromatic rings. The van der Waals surface area contributed by atoms with E-state index in [1.807, 2.05) is 45.9 Å². The molecule has 5 nitrogen and oxygen atoms in total. The molecule has 0 aliphatic carbocycles. The topological polar surface area (TPSA) is 72.8 Å². The number of carbonyl (C=O) groups is 2. The molecule has 0 aromatic heterocycles. The van der Waals surface area contributed by atoms with Gasteiger partial charge in [0.15, 0.2) is 0 Å². The number of carboxylic acids is 1. The summed E-state index contributed by atoms with van der Waals surface area (Å²) in [7, 11) is 0. The van der Waals surface area contributed by atoms with Crippen molar-refractivity contribution >= 4 is 23.7 Å². The molecule has 0 saturated heterocycles. The van der Waals surface area contributed by atoms with Crippen LogP contribution in [0.1, 0.15) is 78.5 Å². The second-order valence-corrected chi connectivity index (χ2v) is 11.7. The van der Waals surface area contributed by atoms with E-state index >= 15 is 0 Å². The van der Waals surface area contributed by atoms with Crippen molar-refractivity contribution < 1.29 is 24.2 Å². The number of hydrogen-bond acceptors (Lipinski definition) is 5. The standard InChI is InChI=1S/C29H40O5S/c1-9-20-11-12-22(17-21(20)10-2)29(7,8)26(32)33-23-13-15-24(16-14-23)35-19-28(5,6)34-27(3,4)18-25(30)31/h11-17H,9-10,18-19H2,1-8H3,(H,30,31). The number of aryl methyl sites for hydroxylation is 2. The first-order chi connectivity index (χ1) is 16.2. The molecule has 35 heavy (non-hydrogen) atoms. The summed E-state index contributed by atoms with van der Waals surface area (Å²) < 4.78 is 11.8. The molecule has 0 unspecified atom stereocenters. The first kappa shape index (κ1) is 28.9. The smallest absolute Gasteiger partial charge is 0.321 e. The van der Waals surface area contributed by atoms with Crippen molar-refractivity contribution in [1.29, 1.82) is 0 Å². The van der Waals surface area contributed by atoms with Gasteiger partial charge in [-0.2, -0.15) is 0 Å². The molecule has 0 heterocycles. The van der Waals surface area contributed by atoms with E-state index in [-0.39, 0.29) is 12.4 Å². The van der Waals surface area contributed by atoms with Crippen LogP contribution in [0.5, 0.6) is 5.75 Å². The Morgan fingerprint density at radius 3 is 2.00 bits per heavy atom. The van der Waals surface area contributed by atoms with Gasteiger partial charge in [0.1, 0.15) is 5.75 Å². The summed E-state index contributed by atoms with van der Waals surface area (Å²) in [6, 6.07) is 13.7. The molecule has 0 saturated carbocycles. The largest absolute Gasteiger partial charge is 0.481 e. The van der Waals surface area contributed by atoms with Crippen molar-refractivity contribution in [2.75, 3.05) is 5.75 Å². The summed E-state index contributed by atoms with van der Waals surface area (Å²) in [4.78, 5) is 25.1. The summed E-state index contributed by atoms with van der Waals surface area (Å²) in [6.07, 6.45) is 1.85. The fourth-order valence-corrected chi connectivity index (χ4v) is 4.98. The summed E-state index contributed by atoms with van der Waals surface area (Å²) >= 11 is 1.61. The summed E-state index contributed by atoms with van der Waals surface area (Å²) in [5, 5.41) is 9.08. The fraction of sp³-hybridized carbons (Fsp3) is 0.517. The number of carbonyl (C=O) groups excluding carboxylic acids is 1. The second kappa shape index (κ2) is 11.6. The number of hydrogen-bond donors (Lipinski definition) is 1. The third-order valence-electron chi connectivity index (χ3n) is 5.95. The lowest BCUT2D eigenvalue weighted by Gasteiger charge is -2.35. The summed E-state index contributed by atoms with van der Waals surface area (Å²) in [5.74, 6) is -0.0169. The molecule has 0 aliphatic rings. The van der Waals surface area contributed by atoms with Crippen LogP contribution in [0.25, 0.3) is 0 Å². The normalized spacial score (nSPS) is 12.5. The molecule has 1 N–H and O–H groups in total. The molecule has 2 rings (SSSR count). The maximum absolute atomic E-state index is 13.1. The SMILES string of the molecule is CCc1ccc(C(C)(C)C(=O)Oc2ccc(SCC(C)(C)OC(C)(C)CC(=O)O)cc2)cc1CC. The predicted octanol–water partition coefficient (Wildman–Crippen LogP) is 6.84. The molecule has 2 aromatic carbocycles. The van der Waals surface area contributed by atoms with Gasteiger partial charge in [-0.3, -0.25) is 9.59 Å². The highest BCUT2D eigenvalue weighted by atomic mass is 32.2. The number of aliphatic carboxylic acids is 1. The molecular formula is C29H40O5S. The Kier molecular flexibility index (Phi) is 9.60. The zero-order valence-electron chi connectivity index (χ0n) is 22.4. The minimum atomic E-state index is -0.879. The molecule has 0 spiro atoms. The lowest BCUT2D eigenvalue weighted by Crippen LogP contribution is -2.40. The van der Waals surface area contributed by atoms with E-state index in [9.17, 15) is 9.59 Å². The number of carboxylic acid groups (broad SMARTS) is 1. The van der Waals surface area contributed by atoms with Crippen LogP contribution >= 0.6 is 11.8 Å². The second-order valence-electron chi connectivity index (χ2n) is 10.7. The van der Waals surface area contributed by atoms with Gasteiger partial charge in [-0.1, -0.05) is 32.0 Å². The van der Waals surface area contributed by atoms with Crippen molar-refractivity contribution in [1.82, 2.24) is 0 Å². The minimum absolute atomic E-state index is 0.0555. The van der Waals surface area contributed by atoms with Crippen molar-refractivity contribution in [3.63, 3.8) is 0 Å². The number of rotatable bonds is 12. The van der Waals surface area contributed by atoms with Crippen LogP contribution in [0, 0.1) is 0 Å². The highest BCUT2D eigenvalue weighted by Crippen LogP contribution is 2.32. The Hall–Kier alpha value is -2.31. The molecule has 0 radical (unpaired) electrons. The molecule has 0 bridgehead atoms. The van der Waals surface area contributed by atoms with E-state index in [2.05, 4.69) is 26.0 Å². The minimum Gasteiger partial charge on any atom is -0.481 e. The first-order valence-corrected chi connectivity index (χ1v) is 13.2. The lowest BCUT2D eigenvalue weighted by atomic mass is 9.82. The summed E-state index contributed by atoms with van der Waals surface area (Å²) in [5.41, 5.74) is 1.50. The van der Waals surface area contributed by atoms with Gasteiger partial charge in [0.25, 0.3) is 0 Å². The van der Waals surface area contributed by atoms with Crippen LogP contribution in [0.3, 0.4) is 0 Å². The van der Waals surface area contributed by atoms with E-state index in [1.54, 1.807) is 37.7 Å². The number of thioether (sulfide) groups is 1. The highest BCUT2D eigenvalue weighted by molar-refractivity contribution is 7.99. The van der Waals surface area contributed by atoms with Gasteiger partial charge in [0.05, 0.1) is 23.0 Å². The highest BCUT2D eigenvalue weighted by Gasteiger charge is 2.33. The lowest BCUT2D eigenvalue weighted by molar-refractivity contribution is -0.153. The van der Waals surface area contributed by atoms with Gasteiger partial charge in [0.2, 0.25) is 0 Å². The number of ether oxygens (including phenoxy) is 2. The third kappa shape index (κ3) is 8.39. The van der Waals surface area contributed by atoms with E-state index in [1.165, 1.54) is 11.1 Å². The van der Waals surface area contributed by atoms with Crippen molar-refractivity contribution in [3.8, 4) is 5.75 Å². The number of esters is 1. The van der Waals surface area contributed by atoms with Crippen molar-refractivity contribution in [2.24, 2.45) is 0 Å².